The highest BCUT2D eigenvalue weighted by molar-refractivity contribution is 5.89. The molecule has 1 aliphatic rings. The summed E-state index contributed by atoms with van der Waals surface area (Å²) >= 11 is 0. The molecule has 0 radical (unpaired) electrons. The van der Waals surface area contributed by atoms with E-state index in [1.54, 1.807) is 0 Å². The van der Waals surface area contributed by atoms with Gasteiger partial charge in [-0.05, 0) is 48.2 Å². The monoisotopic (exact) mass is 509 g/mol. The van der Waals surface area contributed by atoms with Gasteiger partial charge in [-0.25, -0.2) is 4.79 Å². The van der Waals surface area contributed by atoms with Crippen LogP contribution in [0.3, 0.4) is 0 Å². The molecule has 8 heteroatoms. The minimum Gasteiger partial charge on any atom is -0.347 e. The highest BCUT2D eigenvalue weighted by Gasteiger charge is 2.32. The number of alkyl halides is 3. The second-order valence-electron chi connectivity index (χ2n) is 9.29. The molecule has 194 valence electrons. The van der Waals surface area contributed by atoms with E-state index in [0.29, 0.717) is 0 Å². The molecule has 0 saturated heterocycles. The molecule has 3 aromatic rings. The van der Waals surface area contributed by atoms with Crippen molar-refractivity contribution in [1.82, 2.24) is 10.6 Å². The molecule has 1 saturated carbocycles. The third-order valence-corrected chi connectivity index (χ3v) is 6.68. The maximum atomic E-state index is 13.3. The fourth-order valence-electron chi connectivity index (χ4n) is 4.73. The lowest BCUT2D eigenvalue weighted by Crippen LogP contribution is -2.44. The average molecular weight is 510 g/mol. The lowest BCUT2D eigenvalue weighted by molar-refractivity contribution is -0.137. The highest BCUT2D eigenvalue weighted by atomic mass is 19.4. The molecule has 0 aliphatic heterocycles. The van der Waals surface area contributed by atoms with Crippen LogP contribution in [-0.2, 0) is 11.0 Å². The molecule has 4 rings (SSSR count). The Labute approximate surface area is 214 Å². The molecular formula is C29H30F3N3O2. The largest absolute Gasteiger partial charge is 0.416 e. The van der Waals surface area contributed by atoms with Crippen LogP contribution in [0.1, 0.15) is 60.9 Å². The van der Waals surface area contributed by atoms with E-state index in [4.69, 9.17) is 0 Å². The summed E-state index contributed by atoms with van der Waals surface area (Å²) in [4.78, 5) is 26.3. The minimum absolute atomic E-state index is 0.0422. The lowest BCUT2D eigenvalue weighted by Gasteiger charge is -2.32. The molecular weight excluding hydrogens is 479 g/mol. The van der Waals surface area contributed by atoms with Gasteiger partial charge >= 0.3 is 12.2 Å². The maximum absolute atomic E-state index is 13.3. The highest BCUT2D eigenvalue weighted by Crippen LogP contribution is 2.32. The molecule has 0 aromatic heterocycles. The van der Waals surface area contributed by atoms with Crippen molar-refractivity contribution in [3.8, 4) is 0 Å². The van der Waals surface area contributed by atoms with Gasteiger partial charge in [-0.15, -0.1) is 0 Å². The van der Waals surface area contributed by atoms with Crippen molar-refractivity contribution in [3.63, 3.8) is 0 Å². The molecule has 3 N–H and O–H groups in total. The van der Waals surface area contributed by atoms with Gasteiger partial charge in [0.15, 0.2) is 0 Å². The molecule has 0 heterocycles. The molecule has 0 bridgehead atoms. The number of hydrogen-bond acceptors (Lipinski definition) is 2. The molecule has 1 aliphatic carbocycles. The van der Waals surface area contributed by atoms with Gasteiger partial charge in [0.25, 0.3) is 0 Å². The summed E-state index contributed by atoms with van der Waals surface area (Å²) in [5.74, 6) is -0.114. The SMILES string of the molecule is O=C(Nc1ccc(C(F)(F)F)cc1)N[C@H](c1ccccc1)[C@H](NC(=O)C1CCCCC1)c1ccccc1. The van der Waals surface area contributed by atoms with Gasteiger partial charge in [-0.2, -0.15) is 13.2 Å². The minimum atomic E-state index is -4.46. The number of urea groups is 1. The van der Waals surface area contributed by atoms with Crippen LogP contribution in [0.2, 0.25) is 0 Å². The van der Waals surface area contributed by atoms with Crippen molar-refractivity contribution in [3.05, 3.63) is 102 Å². The first-order chi connectivity index (χ1) is 17.8. The Morgan fingerprint density at radius 2 is 1.22 bits per heavy atom. The molecule has 0 unspecified atom stereocenters. The Bertz CT molecular complexity index is 1160. The number of nitrogens with one attached hydrogen (secondary N) is 3. The number of carbonyl (C=O) groups is 2. The molecule has 37 heavy (non-hydrogen) atoms. The molecule has 5 nitrogen and oxygen atoms in total. The van der Waals surface area contributed by atoms with Crippen molar-refractivity contribution in [1.29, 1.82) is 0 Å². The number of amides is 3. The fraction of sp³-hybridized carbons (Fsp3) is 0.310. The van der Waals surface area contributed by atoms with Gasteiger partial charge in [0.2, 0.25) is 5.91 Å². The number of anilines is 1. The summed E-state index contributed by atoms with van der Waals surface area (Å²) in [6.07, 6.45) is 0.382. The van der Waals surface area contributed by atoms with Crippen LogP contribution in [0, 0.1) is 5.92 Å². The van der Waals surface area contributed by atoms with E-state index in [2.05, 4.69) is 16.0 Å². The van der Waals surface area contributed by atoms with E-state index in [1.165, 1.54) is 12.1 Å². The third kappa shape index (κ3) is 7.12. The Hall–Kier alpha value is -3.81. The van der Waals surface area contributed by atoms with E-state index in [0.717, 1.165) is 55.4 Å². The van der Waals surface area contributed by atoms with Crippen LogP contribution < -0.4 is 16.0 Å². The van der Waals surface area contributed by atoms with Crippen molar-refractivity contribution in [2.75, 3.05) is 5.32 Å². The van der Waals surface area contributed by atoms with Gasteiger partial charge in [0.1, 0.15) is 0 Å². The molecule has 1 fully saturated rings. The predicted molar refractivity (Wildman–Crippen MR) is 137 cm³/mol. The van der Waals surface area contributed by atoms with E-state index < -0.39 is 29.9 Å². The maximum Gasteiger partial charge on any atom is 0.416 e. The number of halogens is 3. The quantitative estimate of drug-likeness (QED) is 0.321. The zero-order chi connectivity index (χ0) is 26.3. The zero-order valence-corrected chi connectivity index (χ0v) is 20.3. The first-order valence-electron chi connectivity index (χ1n) is 12.5. The van der Waals surface area contributed by atoms with Gasteiger partial charge < -0.3 is 16.0 Å². The topological polar surface area (TPSA) is 70.2 Å². The van der Waals surface area contributed by atoms with E-state index in [-0.39, 0.29) is 17.5 Å². The van der Waals surface area contributed by atoms with Crippen LogP contribution in [0.25, 0.3) is 0 Å². The van der Waals surface area contributed by atoms with Gasteiger partial charge in [0.05, 0.1) is 17.6 Å². The van der Waals surface area contributed by atoms with Crippen molar-refractivity contribution in [2.24, 2.45) is 5.92 Å². The number of benzene rings is 3. The standard InChI is InChI=1S/C29H30F3N3O2/c30-29(31,32)23-16-18-24(19-17-23)33-28(37)35-26(21-12-6-2-7-13-21)25(20-10-4-1-5-11-20)34-27(36)22-14-8-3-9-15-22/h1-2,4-7,10-13,16-19,22,25-26H,3,8-9,14-15H2,(H,34,36)(H2,33,35,37)/t25-,26-/m1/s1. The molecule has 3 amide bonds. The van der Waals surface area contributed by atoms with Crippen molar-refractivity contribution >= 4 is 17.6 Å². The van der Waals surface area contributed by atoms with Gasteiger partial charge in [-0.3, -0.25) is 4.79 Å². The number of hydrogen-bond donors (Lipinski definition) is 3. The zero-order valence-electron chi connectivity index (χ0n) is 20.3. The second-order valence-corrected chi connectivity index (χ2v) is 9.29. The van der Waals surface area contributed by atoms with Gasteiger partial charge in [-0.1, -0.05) is 79.9 Å². The summed E-state index contributed by atoms with van der Waals surface area (Å²) in [6.45, 7) is 0. The number of carbonyl (C=O) groups excluding carboxylic acids is 2. The van der Waals surface area contributed by atoms with E-state index in [1.807, 2.05) is 60.7 Å². The Kier molecular flexibility index (Phi) is 8.48. The normalized spacial score (nSPS) is 15.9. The molecule has 0 spiro atoms. The Morgan fingerprint density at radius 3 is 1.73 bits per heavy atom. The Morgan fingerprint density at radius 1 is 0.703 bits per heavy atom. The van der Waals surface area contributed by atoms with Crippen LogP contribution in [-0.4, -0.2) is 11.9 Å². The van der Waals surface area contributed by atoms with Crippen LogP contribution in [0.4, 0.5) is 23.7 Å². The summed E-state index contributed by atoms with van der Waals surface area (Å²) in [5, 5.41) is 8.75. The van der Waals surface area contributed by atoms with Crippen LogP contribution >= 0.6 is 0 Å². The molecule has 3 aromatic carbocycles. The summed E-state index contributed by atoms with van der Waals surface area (Å²) in [6, 6.07) is 21.2. The summed E-state index contributed by atoms with van der Waals surface area (Å²) in [7, 11) is 0. The Balaban J connectivity index is 1.59. The fourth-order valence-corrected chi connectivity index (χ4v) is 4.73. The van der Waals surface area contributed by atoms with Crippen molar-refractivity contribution < 1.29 is 22.8 Å². The molecule has 2 atom stereocenters. The average Bonchev–Trinajstić information content (AvgIpc) is 2.92. The van der Waals surface area contributed by atoms with E-state index >= 15 is 0 Å². The second kappa shape index (κ2) is 12.0. The van der Waals surface area contributed by atoms with Crippen molar-refractivity contribution in [2.45, 2.75) is 50.4 Å². The number of rotatable bonds is 7. The van der Waals surface area contributed by atoms with Crippen LogP contribution in [0.15, 0.2) is 84.9 Å². The summed E-state index contributed by atoms with van der Waals surface area (Å²) < 4.78 is 38.7. The first kappa shape index (κ1) is 26.3. The lowest BCUT2D eigenvalue weighted by atomic mass is 9.87. The van der Waals surface area contributed by atoms with Crippen LogP contribution in [0.5, 0.6) is 0 Å². The summed E-state index contributed by atoms with van der Waals surface area (Å²) in [5.41, 5.74) is 1.04. The van der Waals surface area contributed by atoms with E-state index in [9.17, 15) is 22.8 Å². The third-order valence-electron chi connectivity index (χ3n) is 6.68. The van der Waals surface area contributed by atoms with Gasteiger partial charge in [0, 0.05) is 11.6 Å². The smallest absolute Gasteiger partial charge is 0.347 e. The first-order valence-corrected chi connectivity index (χ1v) is 12.5. The predicted octanol–water partition coefficient (Wildman–Crippen LogP) is 7.01.